The summed E-state index contributed by atoms with van der Waals surface area (Å²) in [4.78, 5) is 28.9. The number of carbonyl (C=O) groups is 1. The molecule has 3 aromatic rings. The van der Waals surface area contributed by atoms with Crippen molar-refractivity contribution in [2.24, 2.45) is 0 Å². The van der Waals surface area contributed by atoms with Gasteiger partial charge >= 0.3 is 5.69 Å². The van der Waals surface area contributed by atoms with Gasteiger partial charge in [0.1, 0.15) is 30.6 Å². The molecule has 0 spiro atoms. The highest BCUT2D eigenvalue weighted by molar-refractivity contribution is 5.76. The highest BCUT2D eigenvalue weighted by Crippen LogP contribution is 2.23. The molecule has 1 atom stereocenters. The Hall–Kier alpha value is -3.56. The van der Waals surface area contributed by atoms with Crippen LogP contribution in [0.2, 0.25) is 0 Å². The summed E-state index contributed by atoms with van der Waals surface area (Å²) in [5.41, 5.74) is 2.45. The van der Waals surface area contributed by atoms with Gasteiger partial charge in [0.2, 0.25) is 5.91 Å². The average Bonchev–Trinajstić information content (AvgIpc) is 3.29. The fourth-order valence-electron chi connectivity index (χ4n) is 3.03. The van der Waals surface area contributed by atoms with E-state index >= 15 is 0 Å². The van der Waals surface area contributed by atoms with Crippen molar-refractivity contribution in [3.05, 3.63) is 64.0 Å². The van der Waals surface area contributed by atoms with E-state index in [9.17, 15) is 14.9 Å². The topological polar surface area (TPSA) is 112 Å². The van der Waals surface area contributed by atoms with Gasteiger partial charge < -0.3 is 4.90 Å². The third-order valence-electron chi connectivity index (χ3n) is 4.84. The second-order valence-electron chi connectivity index (χ2n) is 6.55. The SMILES string of the molecule is Cc1nn(CC(=O)N(C)[C@H](C)c2ccc(-n3cncn3)cc2)c(C)c1[N+](=O)[O-]. The number of hydrogen-bond acceptors (Lipinski definition) is 6. The molecule has 0 N–H and O–H groups in total. The molecule has 0 aliphatic carbocycles. The van der Waals surface area contributed by atoms with Crippen LogP contribution in [0.4, 0.5) is 5.69 Å². The van der Waals surface area contributed by atoms with E-state index in [2.05, 4.69) is 15.2 Å². The lowest BCUT2D eigenvalue weighted by molar-refractivity contribution is -0.386. The normalized spacial score (nSPS) is 12.0. The van der Waals surface area contributed by atoms with Crippen molar-refractivity contribution in [3.8, 4) is 5.69 Å². The Morgan fingerprint density at radius 3 is 2.50 bits per heavy atom. The Kier molecular flexibility index (Phi) is 5.21. The summed E-state index contributed by atoms with van der Waals surface area (Å²) in [7, 11) is 1.71. The van der Waals surface area contributed by atoms with Gasteiger partial charge in [0.25, 0.3) is 0 Å². The number of amides is 1. The molecule has 0 fully saturated rings. The quantitative estimate of drug-likeness (QED) is 0.476. The van der Waals surface area contributed by atoms with Crippen molar-refractivity contribution in [3.63, 3.8) is 0 Å². The van der Waals surface area contributed by atoms with Gasteiger partial charge in [0, 0.05) is 7.05 Å². The zero-order chi connectivity index (χ0) is 20.4. The van der Waals surface area contributed by atoms with Gasteiger partial charge in [-0.25, -0.2) is 9.67 Å². The monoisotopic (exact) mass is 383 g/mol. The van der Waals surface area contributed by atoms with Crippen LogP contribution in [0.3, 0.4) is 0 Å². The van der Waals surface area contributed by atoms with E-state index in [1.165, 1.54) is 11.0 Å². The molecule has 0 aliphatic heterocycles. The molecule has 0 aliphatic rings. The molecule has 10 heteroatoms. The minimum Gasteiger partial charge on any atom is -0.337 e. The maximum atomic E-state index is 12.7. The first-order chi connectivity index (χ1) is 13.3. The van der Waals surface area contributed by atoms with Gasteiger partial charge in [-0.3, -0.25) is 19.6 Å². The molecular formula is C18H21N7O3. The zero-order valence-corrected chi connectivity index (χ0v) is 16.1. The first-order valence-corrected chi connectivity index (χ1v) is 8.68. The molecule has 3 rings (SSSR count). The van der Waals surface area contributed by atoms with Crippen molar-refractivity contribution in [2.75, 3.05) is 7.05 Å². The van der Waals surface area contributed by atoms with Gasteiger partial charge in [-0.2, -0.15) is 10.2 Å². The van der Waals surface area contributed by atoms with Crippen molar-refractivity contribution < 1.29 is 9.72 Å². The maximum Gasteiger partial charge on any atom is 0.312 e. The van der Waals surface area contributed by atoms with Gasteiger partial charge in [-0.15, -0.1) is 0 Å². The number of aryl methyl sites for hydroxylation is 1. The number of carbonyl (C=O) groups excluding carboxylic acids is 1. The molecule has 2 aromatic heterocycles. The number of rotatable bonds is 6. The molecule has 0 saturated heterocycles. The number of nitrogens with zero attached hydrogens (tertiary/aromatic N) is 7. The molecule has 28 heavy (non-hydrogen) atoms. The molecule has 10 nitrogen and oxygen atoms in total. The zero-order valence-electron chi connectivity index (χ0n) is 16.1. The fourth-order valence-corrected chi connectivity index (χ4v) is 3.03. The van der Waals surface area contributed by atoms with E-state index in [0.717, 1.165) is 11.3 Å². The number of hydrogen-bond donors (Lipinski definition) is 0. The summed E-state index contributed by atoms with van der Waals surface area (Å²) in [5.74, 6) is -0.187. The summed E-state index contributed by atoms with van der Waals surface area (Å²) in [6.07, 6.45) is 3.08. The molecule has 1 amide bonds. The van der Waals surface area contributed by atoms with Crippen LogP contribution in [0, 0.1) is 24.0 Å². The molecule has 0 radical (unpaired) electrons. The highest BCUT2D eigenvalue weighted by Gasteiger charge is 2.25. The van der Waals surface area contributed by atoms with Crippen molar-refractivity contribution >= 4 is 11.6 Å². The summed E-state index contributed by atoms with van der Waals surface area (Å²) in [6.45, 7) is 5.03. The molecule has 0 bridgehead atoms. The Morgan fingerprint density at radius 1 is 1.29 bits per heavy atom. The van der Waals surface area contributed by atoms with Crippen LogP contribution in [-0.4, -0.2) is 47.3 Å². The van der Waals surface area contributed by atoms with E-state index in [-0.39, 0.29) is 24.2 Å². The highest BCUT2D eigenvalue weighted by atomic mass is 16.6. The van der Waals surface area contributed by atoms with Crippen LogP contribution in [0.15, 0.2) is 36.9 Å². The standard InChI is InChI=1S/C18H21N7O3/c1-12-18(25(27)28)14(3)23(21-12)9-17(26)22(4)13(2)15-5-7-16(8-6-15)24-11-19-10-20-24/h5-8,10-11,13H,9H2,1-4H3/t13-/m1/s1. The van der Waals surface area contributed by atoms with Crippen LogP contribution in [0.25, 0.3) is 5.69 Å². The Balaban J connectivity index is 1.72. The van der Waals surface area contributed by atoms with E-state index < -0.39 is 4.92 Å². The second-order valence-corrected chi connectivity index (χ2v) is 6.55. The van der Waals surface area contributed by atoms with E-state index in [1.54, 1.807) is 36.8 Å². The maximum absolute atomic E-state index is 12.7. The Labute approximate surface area is 161 Å². The minimum absolute atomic E-state index is 0.0489. The van der Waals surface area contributed by atoms with Crippen LogP contribution in [0.5, 0.6) is 0 Å². The largest absolute Gasteiger partial charge is 0.337 e. The van der Waals surface area contributed by atoms with Crippen LogP contribution < -0.4 is 0 Å². The average molecular weight is 383 g/mol. The summed E-state index contributed by atoms with van der Waals surface area (Å²) >= 11 is 0. The Morgan fingerprint density at radius 2 is 1.96 bits per heavy atom. The minimum atomic E-state index is -0.471. The van der Waals surface area contributed by atoms with E-state index in [0.29, 0.717) is 11.4 Å². The number of nitro groups is 1. The molecule has 0 unspecified atom stereocenters. The molecular weight excluding hydrogens is 362 g/mol. The van der Waals surface area contributed by atoms with E-state index in [1.807, 2.05) is 31.2 Å². The number of benzene rings is 1. The summed E-state index contributed by atoms with van der Waals surface area (Å²) in [6, 6.07) is 7.50. The predicted molar refractivity (Wildman–Crippen MR) is 101 cm³/mol. The van der Waals surface area contributed by atoms with Gasteiger partial charge in [-0.05, 0) is 38.5 Å². The predicted octanol–water partition coefficient (Wildman–Crippen LogP) is 2.21. The van der Waals surface area contributed by atoms with Crippen molar-refractivity contribution in [2.45, 2.75) is 33.4 Å². The van der Waals surface area contributed by atoms with Gasteiger partial charge in [0.15, 0.2) is 0 Å². The smallest absolute Gasteiger partial charge is 0.312 e. The summed E-state index contributed by atoms with van der Waals surface area (Å²) in [5, 5.41) is 19.4. The third-order valence-corrected chi connectivity index (χ3v) is 4.84. The fraction of sp³-hybridized carbons (Fsp3) is 0.333. The molecule has 0 saturated carbocycles. The number of likely N-dealkylation sites (N-methyl/N-ethyl adjacent to an activating group) is 1. The first-order valence-electron chi connectivity index (χ1n) is 8.68. The first kappa shape index (κ1) is 19.2. The van der Waals surface area contributed by atoms with Gasteiger partial charge in [0.05, 0.1) is 16.7 Å². The lowest BCUT2D eigenvalue weighted by atomic mass is 10.1. The lowest BCUT2D eigenvalue weighted by Crippen LogP contribution is -2.33. The summed E-state index contributed by atoms with van der Waals surface area (Å²) < 4.78 is 3.03. The third kappa shape index (κ3) is 3.61. The Bertz CT molecular complexity index is 993. The number of aromatic nitrogens is 5. The molecule has 2 heterocycles. The van der Waals surface area contributed by atoms with Crippen molar-refractivity contribution in [1.82, 2.24) is 29.4 Å². The molecule has 1 aromatic carbocycles. The van der Waals surface area contributed by atoms with E-state index in [4.69, 9.17) is 0 Å². The second kappa shape index (κ2) is 7.59. The van der Waals surface area contributed by atoms with Gasteiger partial charge in [-0.1, -0.05) is 12.1 Å². The van der Waals surface area contributed by atoms with Crippen LogP contribution in [-0.2, 0) is 11.3 Å². The van der Waals surface area contributed by atoms with Crippen LogP contribution >= 0.6 is 0 Å². The lowest BCUT2D eigenvalue weighted by Gasteiger charge is -2.25. The van der Waals surface area contributed by atoms with Crippen LogP contribution in [0.1, 0.15) is 29.9 Å². The van der Waals surface area contributed by atoms with Crippen molar-refractivity contribution in [1.29, 1.82) is 0 Å². The molecule has 146 valence electrons.